The summed E-state index contributed by atoms with van der Waals surface area (Å²) < 4.78 is 6.05. The number of fused-ring (bicyclic) bond motifs is 1. The molecule has 0 bridgehead atoms. The lowest BCUT2D eigenvalue weighted by atomic mass is 10.1. The van der Waals surface area contributed by atoms with Gasteiger partial charge in [-0.15, -0.1) is 11.3 Å². The second-order valence-electron chi connectivity index (χ2n) is 5.25. The monoisotopic (exact) mass is 334 g/mol. The van der Waals surface area contributed by atoms with Crippen molar-refractivity contribution in [1.29, 1.82) is 0 Å². The number of benzene rings is 1. The van der Waals surface area contributed by atoms with Gasteiger partial charge in [0.2, 0.25) is 0 Å². The maximum Gasteiger partial charge on any atom is 0.188 e. The molecule has 0 spiro atoms. The van der Waals surface area contributed by atoms with Gasteiger partial charge in [-0.3, -0.25) is 4.98 Å². The van der Waals surface area contributed by atoms with E-state index in [1.165, 1.54) is 0 Å². The van der Waals surface area contributed by atoms with Gasteiger partial charge in [-0.05, 0) is 25.1 Å². The fourth-order valence-corrected chi connectivity index (χ4v) is 3.07. The van der Waals surface area contributed by atoms with Crippen LogP contribution in [0.3, 0.4) is 0 Å². The van der Waals surface area contributed by atoms with E-state index in [-0.39, 0.29) is 0 Å². The molecule has 0 unspecified atom stereocenters. The van der Waals surface area contributed by atoms with Crippen molar-refractivity contribution < 1.29 is 4.74 Å². The number of aryl methyl sites for hydroxylation is 1. The Labute approximate surface area is 143 Å². The molecule has 1 N–H and O–H groups in total. The number of thiazole rings is 1. The molecular weight excluding hydrogens is 320 g/mol. The van der Waals surface area contributed by atoms with Gasteiger partial charge in [-0.25, -0.2) is 9.97 Å². The van der Waals surface area contributed by atoms with Crippen molar-refractivity contribution in [1.82, 2.24) is 15.0 Å². The van der Waals surface area contributed by atoms with Crippen LogP contribution in [0, 0.1) is 6.92 Å². The van der Waals surface area contributed by atoms with Crippen molar-refractivity contribution in [3.8, 4) is 11.5 Å². The van der Waals surface area contributed by atoms with Crippen molar-refractivity contribution in [2.45, 2.75) is 6.92 Å². The van der Waals surface area contributed by atoms with Crippen LogP contribution in [0.1, 0.15) is 5.69 Å². The van der Waals surface area contributed by atoms with E-state index in [1.807, 2.05) is 54.9 Å². The molecule has 118 valence electrons. The molecule has 0 saturated heterocycles. The van der Waals surface area contributed by atoms with Gasteiger partial charge < -0.3 is 10.1 Å². The van der Waals surface area contributed by atoms with Crippen LogP contribution < -0.4 is 10.1 Å². The quantitative estimate of drug-likeness (QED) is 0.573. The summed E-state index contributed by atoms with van der Waals surface area (Å²) in [5, 5.41) is 8.07. The average molecular weight is 334 g/mol. The van der Waals surface area contributed by atoms with Crippen molar-refractivity contribution in [2.75, 3.05) is 5.32 Å². The Hall–Kier alpha value is -2.99. The predicted octanol–water partition coefficient (Wildman–Crippen LogP) is 4.93. The van der Waals surface area contributed by atoms with Crippen LogP contribution in [0.25, 0.3) is 10.8 Å². The number of aromatic nitrogens is 3. The minimum atomic E-state index is 0.698. The fraction of sp³-hybridized carbons (Fsp3) is 0.0556. The molecule has 3 heterocycles. The number of hydrogen-bond acceptors (Lipinski definition) is 6. The third kappa shape index (κ3) is 3.04. The zero-order chi connectivity index (χ0) is 16.4. The van der Waals surface area contributed by atoms with Crippen molar-refractivity contribution >= 4 is 33.1 Å². The Morgan fingerprint density at radius 2 is 2.08 bits per heavy atom. The zero-order valence-electron chi connectivity index (χ0n) is 12.9. The minimum Gasteiger partial charge on any atom is -0.457 e. The normalized spacial score (nSPS) is 10.7. The van der Waals surface area contributed by atoms with Gasteiger partial charge in [0.05, 0.1) is 5.69 Å². The first-order valence-electron chi connectivity index (χ1n) is 7.44. The number of pyridine rings is 2. The van der Waals surface area contributed by atoms with E-state index in [4.69, 9.17) is 4.74 Å². The number of rotatable bonds is 4. The maximum absolute atomic E-state index is 6.05. The first-order chi connectivity index (χ1) is 11.8. The molecule has 0 saturated carbocycles. The summed E-state index contributed by atoms with van der Waals surface area (Å²) in [5.74, 6) is 2.20. The third-order valence-electron chi connectivity index (χ3n) is 3.45. The van der Waals surface area contributed by atoms with Crippen LogP contribution in [-0.2, 0) is 0 Å². The third-order valence-corrected chi connectivity index (χ3v) is 4.33. The summed E-state index contributed by atoms with van der Waals surface area (Å²) in [5.41, 5.74) is 0.985. The van der Waals surface area contributed by atoms with E-state index < -0.39 is 0 Å². The lowest BCUT2D eigenvalue weighted by Crippen LogP contribution is -1.94. The first-order valence-corrected chi connectivity index (χ1v) is 8.32. The number of nitrogens with zero attached hydrogens (tertiary/aromatic N) is 3. The molecule has 4 rings (SSSR count). The average Bonchev–Trinajstić information content (AvgIpc) is 3.00. The molecule has 5 nitrogen and oxygen atoms in total. The van der Waals surface area contributed by atoms with E-state index in [0.717, 1.165) is 27.3 Å². The summed E-state index contributed by atoms with van der Waals surface area (Å²) in [6, 6.07) is 11.6. The SMILES string of the molecule is Cc1csc(Nc2cc(Oc3cccc4cnccc34)ccn2)n1. The maximum atomic E-state index is 6.05. The Morgan fingerprint density at radius 1 is 1.12 bits per heavy atom. The van der Waals surface area contributed by atoms with E-state index in [0.29, 0.717) is 11.6 Å². The number of ether oxygens (including phenoxy) is 1. The molecule has 24 heavy (non-hydrogen) atoms. The first kappa shape index (κ1) is 14.6. The highest BCUT2D eigenvalue weighted by Crippen LogP contribution is 2.30. The molecule has 0 atom stereocenters. The molecule has 4 aromatic rings. The highest BCUT2D eigenvalue weighted by atomic mass is 32.1. The van der Waals surface area contributed by atoms with Crippen LogP contribution in [0.5, 0.6) is 11.5 Å². The molecule has 0 radical (unpaired) electrons. The van der Waals surface area contributed by atoms with Gasteiger partial charge in [0.15, 0.2) is 5.13 Å². The second kappa shape index (κ2) is 6.25. The standard InChI is InChI=1S/C18H14N4OS/c1-12-11-24-18(21-12)22-17-9-14(5-8-20-17)23-16-4-2-3-13-10-19-7-6-15(13)16/h2-11H,1H3,(H,20,21,22). The largest absolute Gasteiger partial charge is 0.457 e. The highest BCUT2D eigenvalue weighted by molar-refractivity contribution is 7.13. The van der Waals surface area contributed by atoms with E-state index in [9.17, 15) is 0 Å². The fourth-order valence-electron chi connectivity index (χ4n) is 2.37. The summed E-state index contributed by atoms with van der Waals surface area (Å²) in [6.07, 6.45) is 5.30. The molecular formula is C18H14N4OS. The van der Waals surface area contributed by atoms with E-state index >= 15 is 0 Å². The lowest BCUT2D eigenvalue weighted by molar-refractivity contribution is 0.488. The van der Waals surface area contributed by atoms with E-state index in [1.54, 1.807) is 23.7 Å². The lowest BCUT2D eigenvalue weighted by Gasteiger charge is -2.10. The molecule has 6 heteroatoms. The molecule has 0 aliphatic carbocycles. The van der Waals surface area contributed by atoms with Crippen molar-refractivity contribution in [3.05, 3.63) is 66.1 Å². The van der Waals surface area contributed by atoms with Crippen LogP contribution in [0.2, 0.25) is 0 Å². The van der Waals surface area contributed by atoms with Gasteiger partial charge >= 0.3 is 0 Å². The highest BCUT2D eigenvalue weighted by Gasteiger charge is 2.06. The molecule has 1 aromatic carbocycles. The van der Waals surface area contributed by atoms with Gasteiger partial charge in [0, 0.05) is 40.8 Å². The number of anilines is 2. The number of nitrogens with one attached hydrogen (secondary N) is 1. The summed E-state index contributed by atoms with van der Waals surface area (Å²) in [6.45, 7) is 1.96. The zero-order valence-corrected chi connectivity index (χ0v) is 13.7. The second-order valence-corrected chi connectivity index (χ2v) is 6.11. The van der Waals surface area contributed by atoms with E-state index in [2.05, 4.69) is 20.3 Å². The smallest absolute Gasteiger partial charge is 0.188 e. The molecule has 0 fully saturated rings. The molecule has 3 aromatic heterocycles. The van der Waals surface area contributed by atoms with Crippen LogP contribution in [0.4, 0.5) is 10.9 Å². The number of hydrogen-bond donors (Lipinski definition) is 1. The van der Waals surface area contributed by atoms with Crippen molar-refractivity contribution in [2.24, 2.45) is 0 Å². The molecule has 0 aliphatic rings. The Balaban J connectivity index is 1.61. The van der Waals surface area contributed by atoms with Gasteiger partial charge in [0.25, 0.3) is 0 Å². The Morgan fingerprint density at radius 3 is 2.96 bits per heavy atom. The topological polar surface area (TPSA) is 59.9 Å². The van der Waals surface area contributed by atoms with Crippen LogP contribution in [0.15, 0.2) is 60.4 Å². The van der Waals surface area contributed by atoms with Crippen LogP contribution >= 0.6 is 11.3 Å². The predicted molar refractivity (Wildman–Crippen MR) is 96.2 cm³/mol. The minimum absolute atomic E-state index is 0.698. The van der Waals surface area contributed by atoms with Gasteiger partial charge in [-0.1, -0.05) is 12.1 Å². The molecule has 0 amide bonds. The Bertz CT molecular complexity index is 994. The summed E-state index contributed by atoms with van der Waals surface area (Å²) in [4.78, 5) is 12.8. The summed E-state index contributed by atoms with van der Waals surface area (Å²) in [7, 11) is 0. The van der Waals surface area contributed by atoms with Crippen molar-refractivity contribution in [3.63, 3.8) is 0 Å². The Kier molecular flexibility index (Phi) is 3.80. The molecule has 0 aliphatic heterocycles. The summed E-state index contributed by atoms with van der Waals surface area (Å²) >= 11 is 1.55. The van der Waals surface area contributed by atoms with Crippen LogP contribution in [-0.4, -0.2) is 15.0 Å². The van der Waals surface area contributed by atoms with Gasteiger partial charge in [-0.2, -0.15) is 0 Å². The van der Waals surface area contributed by atoms with Gasteiger partial charge in [0.1, 0.15) is 17.3 Å².